The molecule has 0 aliphatic rings. The zero-order chi connectivity index (χ0) is 18.0. The van der Waals surface area contributed by atoms with E-state index in [2.05, 4.69) is 10.3 Å². The summed E-state index contributed by atoms with van der Waals surface area (Å²) in [7, 11) is 0. The standard InChI is InChI=1S/C19H18F2N2O2/c1-11-2-4-14-13(9-22-17(14)6-11)8-19(25)23-10-18(24)12-3-5-15(20)16(21)7-12/h2-7,9,18,22,24H,8,10H2,1H3,(H,23,25)/t18-/m0/s1. The molecule has 0 fully saturated rings. The number of benzene rings is 2. The van der Waals surface area contributed by atoms with Gasteiger partial charge in [-0.05, 0) is 41.8 Å². The van der Waals surface area contributed by atoms with E-state index in [1.165, 1.54) is 6.07 Å². The SMILES string of the molecule is Cc1ccc2c(CC(=O)NC[C@H](O)c3ccc(F)c(F)c3)c[nH]c2c1. The van der Waals surface area contributed by atoms with Gasteiger partial charge in [-0.2, -0.15) is 0 Å². The molecule has 3 rings (SSSR count). The first-order valence-corrected chi connectivity index (χ1v) is 7.90. The second-order valence-electron chi connectivity index (χ2n) is 6.03. The Morgan fingerprint density at radius 2 is 2.00 bits per heavy atom. The molecular formula is C19H18F2N2O2. The van der Waals surface area contributed by atoms with Crippen molar-refractivity contribution in [2.24, 2.45) is 0 Å². The highest BCUT2D eigenvalue weighted by Gasteiger charge is 2.14. The fraction of sp³-hybridized carbons (Fsp3) is 0.211. The number of rotatable bonds is 5. The Morgan fingerprint density at radius 3 is 2.76 bits per heavy atom. The number of fused-ring (bicyclic) bond motifs is 1. The summed E-state index contributed by atoms with van der Waals surface area (Å²) in [6.45, 7) is 1.91. The lowest BCUT2D eigenvalue weighted by atomic mass is 10.1. The Bertz CT molecular complexity index is 921. The molecule has 0 saturated heterocycles. The molecule has 0 aliphatic heterocycles. The zero-order valence-electron chi connectivity index (χ0n) is 13.6. The van der Waals surface area contributed by atoms with E-state index in [1.807, 2.05) is 25.1 Å². The molecule has 25 heavy (non-hydrogen) atoms. The lowest BCUT2D eigenvalue weighted by molar-refractivity contribution is -0.120. The molecule has 1 aromatic heterocycles. The first-order valence-electron chi connectivity index (χ1n) is 7.90. The van der Waals surface area contributed by atoms with Crippen LogP contribution in [-0.4, -0.2) is 22.5 Å². The van der Waals surface area contributed by atoms with Crippen molar-refractivity contribution in [3.05, 3.63) is 70.9 Å². The minimum atomic E-state index is -1.11. The number of hydrogen-bond donors (Lipinski definition) is 3. The molecule has 0 radical (unpaired) electrons. The predicted octanol–water partition coefficient (Wildman–Crippen LogP) is 3.15. The number of carbonyl (C=O) groups is 1. The molecule has 6 heteroatoms. The fourth-order valence-corrected chi connectivity index (χ4v) is 2.73. The second kappa shape index (κ2) is 7.03. The van der Waals surface area contributed by atoms with Crippen molar-refractivity contribution in [1.29, 1.82) is 0 Å². The summed E-state index contributed by atoms with van der Waals surface area (Å²) in [5.41, 5.74) is 3.15. The minimum Gasteiger partial charge on any atom is -0.387 e. The number of aromatic nitrogens is 1. The number of aryl methyl sites for hydroxylation is 1. The average molecular weight is 344 g/mol. The van der Waals surface area contributed by atoms with E-state index in [0.29, 0.717) is 0 Å². The number of hydrogen-bond acceptors (Lipinski definition) is 2. The minimum absolute atomic E-state index is 0.0780. The van der Waals surface area contributed by atoms with Crippen LogP contribution in [0, 0.1) is 18.6 Å². The van der Waals surface area contributed by atoms with Crippen LogP contribution in [-0.2, 0) is 11.2 Å². The number of aliphatic hydroxyl groups excluding tert-OH is 1. The normalized spacial score (nSPS) is 12.3. The van der Waals surface area contributed by atoms with E-state index in [9.17, 15) is 18.7 Å². The second-order valence-corrected chi connectivity index (χ2v) is 6.03. The maximum atomic E-state index is 13.2. The first kappa shape index (κ1) is 17.1. The molecule has 4 nitrogen and oxygen atoms in total. The van der Waals surface area contributed by atoms with Crippen LogP contribution in [0.25, 0.3) is 10.9 Å². The maximum Gasteiger partial charge on any atom is 0.224 e. The van der Waals surface area contributed by atoms with Crippen molar-refractivity contribution in [3.63, 3.8) is 0 Å². The summed E-state index contributed by atoms with van der Waals surface area (Å²) in [6, 6.07) is 9.10. The number of H-pyrrole nitrogens is 1. The van der Waals surface area contributed by atoms with Crippen LogP contribution in [0.2, 0.25) is 0 Å². The van der Waals surface area contributed by atoms with Gasteiger partial charge in [0.05, 0.1) is 12.5 Å². The average Bonchev–Trinajstić information content (AvgIpc) is 2.97. The molecule has 0 spiro atoms. The van der Waals surface area contributed by atoms with Gasteiger partial charge >= 0.3 is 0 Å². The Kier molecular flexibility index (Phi) is 4.81. The molecule has 0 saturated carbocycles. The van der Waals surface area contributed by atoms with Crippen LogP contribution in [0.1, 0.15) is 22.8 Å². The summed E-state index contributed by atoms with van der Waals surface area (Å²) >= 11 is 0. The van der Waals surface area contributed by atoms with Gasteiger partial charge in [0.15, 0.2) is 11.6 Å². The van der Waals surface area contributed by atoms with Crippen LogP contribution in [0.4, 0.5) is 8.78 Å². The van der Waals surface area contributed by atoms with E-state index in [1.54, 1.807) is 6.20 Å². The highest BCUT2D eigenvalue weighted by Crippen LogP contribution is 2.20. The number of aromatic amines is 1. The van der Waals surface area contributed by atoms with Crippen molar-refractivity contribution in [3.8, 4) is 0 Å². The molecule has 130 valence electrons. The molecule has 2 aromatic carbocycles. The third-order valence-corrected chi connectivity index (χ3v) is 4.09. The lowest BCUT2D eigenvalue weighted by Gasteiger charge is -2.12. The van der Waals surface area contributed by atoms with Crippen LogP contribution in [0.15, 0.2) is 42.6 Å². The highest BCUT2D eigenvalue weighted by atomic mass is 19.2. The van der Waals surface area contributed by atoms with Gasteiger partial charge in [0, 0.05) is 23.6 Å². The number of carbonyl (C=O) groups excluding carboxylic acids is 1. The molecular weight excluding hydrogens is 326 g/mol. The Balaban J connectivity index is 1.61. The lowest BCUT2D eigenvalue weighted by Crippen LogP contribution is -2.29. The predicted molar refractivity (Wildman–Crippen MR) is 91.1 cm³/mol. The van der Waals surface area contributed by atoms with Gasteiger partial charge in [0.25, 0.3) is 0 Å². The van der Waals surface area contributed by atoms with Crippen molar-refractivity contribution in [1.82, 2.24) is 10.3 Å². The maximum absolute atomic E-state index is 13.2. The number of amides is 1. The number of nitrogens with one attached hydrogen (secondary N) is 2. The number of aliphatic hydroxyl groups is 1. The number of halogens is 2. The van der Waals surface area contributed by atoms with E-state index in [-0.39, 0.29) is 24.4 Å². The van der Waals surface area contributed by atoms with Crippen molar-refractivity contribution in [2.45, 2.75) is 19.4 Å². The van der Waals surface area contributed by atoms with Crippen LogP contribution in [0.3, 0.4) is 0 Å². The first-order chi connectivity index (χ1) is 11.9. The summed E-state index contributed by atoms with van der Waals surface area (Å²) < 4.78 is 26.1. The highest BCUT2D eigenvalue weighted by molar-refractivity contribution is 5.89. The summed E-state index contributed by atoms with van der Waals surface area (Å²) in [6.07, 6.45) is 0.841. The van der Waals surface area contributed by atoms with E-state index >= 15 is 0 Å². The van der Waals surface area contributed by atoms with Crippen molar-refractivity contribution >= 4 is 16.8 Å². The van der Waals surface area contributed by atoms with Crippen molar-refractivity contribution < 1.29 is 18.7 Å². The topological polar surface area (TPSA) is 65.1 Å². The van der Waals surface area contributed by atoms with Gasteiger partial charge < -0.3 is 15.4 Å². The molecule has 1 amide bonds. The molecule has 1 heterocycles. The van der Waals surface area contributed by atoms with Gasteiger partial charge in [0.1, 0.15) is 0 Å². The van der Waals surface area contributed by atoms with Crippen molar-refractivity contribution in [2.75, 3.05) is 6.54 Å². The quantitative estimate of drug-likeness (QED) is 0.666. The monoisotopic (exact) mass is 344 g/mol. The molecule has 3 aromatic rings. The van der Waals surface area contributed by atoms with Gasteiger partial charge in [-0.15, -0.1) is 0 Å². The van der Waals surface area contributed by atoms with Crippen LogP contribution < -0.4 is 5.32 Å². The van der Waals surface area contributed by atoms with Gasteiger partial charge in [0.2, 0.25) is 5.91 Å². The molecule has 0 aliphatic carbocycles. The molecule has 1 atom stereocenters. The summed E-state index contributed by atoms with van der Waals surface area (Å²) in [4.78, 5) is 15.2. The van der Waals surface area contributed by atoms with Crippen LogP contribution in [0.5, 0.6) is 0 Å². The largest absolute Gasteiger partial charge is 0.387 e. The summed E-state index contributed by atoms with van der Waals surface area (Å²) in [5, 5.41) is 13.6. The van der Waals surface area contributed by atoms with Crippen LogP contribution >= 0.6 is 0 Å². The van der Waals surface area contributed by atoms with E-state index in [0.717, 1.165) is 34.2 Å². The zero-order valence-corrected chi connectivity index (χ0v) is 13.6. The molecule has 3 N–H and O–H groups in total. The smallest absolute Gasteiger partial charge is 0.224 e. The van der Waals surface area contributed by atoms with E-state index in [4.69, 9.17) is 0 Å². The Labute approximate surface area is 143 Å². The molecule has 0 bridgehead atoms. The Morgan fingerprint density at radius 1 is 1.20 bits per heavy atom. The summed E-state index contributed by atoms with van der Waals surface area (Å²) in [5.74, 6) is -2.27. The van der Waals surface area contributed by atoms with E-state index < -0.39 is 17.7 Å². The van der Waals surface area contributed by atoms with Gasteiger partial charge in [-0.3, -0.25) is 4.79 Å². The Hall–Kier alpha value is -2.73. The van der Waals surface area contributed by atoms with Gasteiger partial charge in [-0.25, -0.2) is 8.78 Å². The molecule has 0 unspecified atom stereocenters. The fourth-order valence-electron chi connectivity index (χ4n) is 2.73. The van der Waals surface area contributed by atoms with Gasteiger partial charge in [-0.1, -0.05) is 18.2 Å². The third kappa shape index (κ3) is 3.85. The third-order valence-electron chi connectivity index (χ3n) is 4.09.